The molecule has 0 saturated carbocycles. The third-order valence-electron chi connectivity index (χ3n) is 3.55. The Morgan fingerprint density at radius 3 is 2.38 bits per heavy atom. The lowest BCUT2D eigenvalue weighted by atomic mass is 10.0. The van der Waals surface area contributed by atoms with Gasteiger partial charge in [-0.25, -0.2) is 4.79 Å². The molecule has 0 aliphatic carbocycles. The molecule has 0 bridgehead atoms. The number of para-hydroxylation sites is 1. The summed E-state index contributed by atoms with van der Waals surface area (Å²) in [4.78, 5) is 12.0. The van der Waals surface area contributed by atoms with Crippen LogP contribution < -0.4 is 15.4 Å². The smallest absolute Gasteiger partial charge is 0.319 e. The highest BCUT2D eigenvalue weighted by molar-refractivity contribution is 5.89. The zero-order valence-corrected chi connectivity index (χ0v) is 14.1. The van der Waals surface area contributed by atoms with E-state index in [0.29, 0.717) is 18.7 Å². The van der Waals surface area contributed by atoms with Crippen LogP contribution in [0.1, 0.15) is 25.8 Å². The van der Waals surface area contributed by atoms with E-state index in [-0.39, 0.29) is 12.6 Å². The largest absolute Gasteiger partial charge is 0.489 e. The number of aliphatic hydroxyl groups is 1. The van der Waals surface area contributed by atoms with Gasteiger partial charge >= 0.3 is 6.03 Å². The standard InChI is InChI=1S/C19H24N2O3/c1-19(2,12-13-22)21-18(23)20-16-10-8-15(9-11-16)14-24-17-6-4-3-5-7-17/h3-11,22H,12-14H2,1-2H3,(H2,20,21,23). The average Bonchev–Trinajstić information content (AvgIpc) is 2.54. The van der Waals surface area contributed by atoms with Gasteiger partial charge in [-0.3, -0.25) is 0 Å². The number of carbonyl (C=O) groups is 1. The van der Waals surface area contributed by atoms with E-state index in [2.05, 4.69) is 10.6 Å². The molecule has 3 N–H and O–H groups in total. The lowest BCUT2D eigenvalue weighted by Crippen LogP contribution is -2.46. The number of nitrogens with one attached hydrogen (secondary N) is 2. The van der Waals surface area contributed by atoms with Crippen molar-refractivity contribution in [1.29, 1.82) is 0 Å². The minimum atomic E-state index is -0.456. The Morgan fingerprint density at radius 2 is 1.75 bits per heavy atom. The second-order valence-corrected chi connectivity index (χ2v) is 6.24. The van der Waals surface area contributed by atoms with Gasteiger partial charge in [-0.2, -0.15) is 0 Å². The monoisotopic (exact) mass is 328 g/mol. The van der Waals surface area contributed by atoms with Gasteiger partial charge in [0.25, 0.3) is 0 Å². The first-order chi connectivity index (χ1) is 11.5. The van der Waals surface area contributed by atoms with E-state index in [1.807, 2.05) is 68.4 Å². The van der Waals surface area contributed by atoms with Crippen molar-refractivity contribution in [3.63, 3.8) is 0 Å². The van der Waals surface area contributed by atoms with Crippen molar-refractivity contribution in [1.82, 2.24) is 5.32 Å². The Labute approximate surface area is 142 Å². The minimum absolute atomic E-state index is 0.0311. The molecule has 2 aromatic carbocycles. The first-order valence-electron chi connectivity index (χ1n) is 7.95. The molecule has 0 saturated heterocycles. The van der Waals surface area contributed by atoms with Crippen molar-refractivity contribution in [2.75, 3.05) is 11.9 Å². The number of urea groups is 1. The molecule has 24 heavy (non-hydrogen) atoms. The van der Waals surface area contributed by atoms with Gasteiger partial charge in [0.1, 0.15) is 12.4 Å². The topological polar surface area (TPSA) is 70.6 Å². The first kappa shape index (κ1) is 17.8. The second kappa shape index (κ2) is 8.36. The Morgan fingerprint density at radius 1 is 1.08 bits per heavy atom. The highest BCUT2D eigenvalue weighted by Crippen LogP contribution is 2.14. The summed E-state index contributed by atoms with van der Waals surface area (Å²) in [6, 6.07) is 16.8. The molecular weight excluding hydrogens is 304 g/mol. The number of rotatable bonds is 7. The minimum Gasteiger partial charge on any atom is -0.489 e. The SMILES string of the molecule is CC(C)(CCO)NC(=O)Nc1ccc(COc2ccccc2)cc1. The van der Waals surface area contributed by atoms with Crippen molar-refractivity contribution < 1.29 is 14.6 Å². The van der Waals surface area contributed by atoms with Crippen LogP contribution in [0.5, 0.6) is 5.75 Å². The second-order valence-electron chi connectivity index (χ2n) is 6.24. The zero-order valence-electron chi connectivity index (χ0n) is 14.1. The first-order valence-corrected chi connectivity index (χ1v) is 7.95. The molecule has 0 aliphatic heterocycles. The molecule has 0 heterocycles. The summed E-state index contributed by atoms with van der Waals surface area (Å²) in [5, 5.41) is 14.6. The zero-order chi connectivity index (χ0) is 17.4. The summed E-state index contributed by atoms with van der Waals surface area (Å²) in [7, 11) is 0. The van der Waals surface area contributed by atoms with Crippen LogP contribution in [-0.4, -0.2) is 23.3 Å². The number of aliphatic hydroxyl groups excluding tert-OH is 1. The Kier molecular flexibility index (Phi) is 6.21. The summed E-state index contributed by atoms with van der Waals surface area (Å²) < 4.78 is 5.68. The molecule has 0 aromatic heterocycles. The van der Waals surface area contributed by atoms with Crippen LogP contribution in [0.25, 0.3) is 0 Å². The van der Waals surface area contributed by atoms with Gasteiger partial charge in [-0.1, -0.05) is 30.3 Å². The van der Waals surface area contributed by atoms with Crippen LogP contribution in [0.2, 0.25) is 0 Å². The van der Waals surface area contributed by atoms with Crippen LogP contribution in [0.4, 0.5) is 10.5 Å². The predicted octanol–water partition coefficient (Wildman–Crippen LogP) is 3.55. The predicted molar refractivity (Wildman–Crippen MR) is 95.2 cm³/mol. The molecular formula is C19H24N2O3. The van der Waals surface area contributed by atoms with Gasteiger partial charge in [-0.05, 0) is 50.1 Å². The van der Waals surface area contributed by atoms with Gasteiger partial charge in [0, 0.05) is 17.8 Å². The van der Waals surface area contributed by atoms with Crippen LogP contribution >= 0.6 is 0 Å². The van der Waals surface area contributed by atoms with E-state index in [1.54, 1.807) is 0 Å². The van der Waals surface area contributed by atoms with Gasteiger partial charge in [0.15, 0.2) is 0 Å². The molecule has 128 valence electrons. The maximum absolute atomic E-state index is 12.0. The molecule has 2 amide bonds. The number of carbonyl (C=O) groups excluding carboxylic acids is 1. The normalized spacial score (nSPS) is 11.0. The number of benzene rings is 2. The van der Waals surface area contributed by atoms with E-state index in [0.717, 1.165) is 11.3 Å². The lowest BCUT2D eigenvalue weighted by Gasteiger charge is -2.25. The van der Waals surface area contributed by atoms with Gasteiger partial charge in [-0.15, -0.1) is 0 Å². The van der Waals surface area contributed by atoms with E-state index in [1.165, 1.54) is 0 Å². The number of hydrogen-bond donors (Lipinski definition) is 3. The molecule has 0 unspecified atom stereocenters. The van der Waals surface area contributed by atoms with Crippen molar-refractivity contribution in [2.24, 2.45) is 0 Å². The highest BCUT2D eigenvalue weighted by Gasteiger charge is 2.19. The number of ether oxygens (including phenoxy) is 1. The fourth-order valence-corrected chi connectivity index (χ4v) is 2.18. The number of amides is 2. The van der Waals surface area contributed by atoms with Crippen molar-refractivity contribution >= 4 is 11.7 Å². The summed E-state index contributed by atoms with van der Waals surface area (Å²) >= 11 is 0. The Hall–Kier alpha value is -2.53. The summed E-state index contributed by atoms with van der Waals surface area (Å²) in [6.07, 6.45) is 0.496. The molecule has 0 radical (unpaired) electrons. The summed E-state index contributed by atoms with van der Waals surface area (Å²) in [5.74, 6) is 0.824. The van der Waals surface area contributed by atoms with Crippen molar-refractivity contribution in [3.8, 4) is 5.75 Å². The van der Waals surface area contributed by atoms with Gasteiger partial charge in [0.2, 0.25) is 0 Å². The fourth-order valence-electron chi connectivity index (χ4n) is 2.18. The van der Waals surface area contributed by atoms with Crippen molar-refractivity contribution in [3.05, 3.63) is 60.2 Å². The Bertz CT molecular complexity index is 639. The highest BCUT2D eigenvalue weighted by atomic mass is 16.5. The van der Waals surface area contributed by atoms with Crippen LogP contribution in [0, 0.1) is 0 Å². The van der Waals surface area contributed by atoms with E-state index >= 15 is 0 Å². The summed E-state index contributed by atoms with van der Waals surface area (Å²) in [5.41, 5.74) is 1.27. The lowest BCUT2D eigenvalue weighted by molar-refractivity contribution is 0.218. The van der Waals surface area contributed by atoms with E-state index in [9.17, 15) is 4.79 Å². The molecule has 2 rings (SSSR count). The maximum Gasteiger partial charge on any atom is 0.319 e. The molecule has 0 atom stereocenters. The number of anilines is 1. The quantitative estimate of drug-likeness (QED) is 0.728. The average molecular weight is 328 g/mol. The van der Waals surface area contributed by atoms with Crippen LogP contribution in [0.3, 0.4) is 0 Å². The molecule has 5 heteroatoms. The van der Waals surface area contributed by atoms with Crippen molar-refractivity contribution in [2.45, 2.75) is 32.4 Å². The van der Waals surface area contributed by atoms with Crippen LogP contribution in [0.15, 0.2) is 54.6 Å². The number of hydrogen-bond acceptors (Lipinski definition) is 3. The Balaban J connectivity index is 1.84. The van der Waals surface area contributed by atoms with Gasteiger partial charge < -0.3 is 20.5 Å². The third-order valence-corrected chi connectivity index (χ3v) is 3.55. The van der Waals surface area contributed by atoms with Crippen LogP contribution in [-0.2, 0) is 6.61 Å². The molecule has 0 spiro atoms. The molecule has 0 aliphatic rings. The van der Waals surface area contributed by atoms with Gasteiger partial charge in [0.05, 0.1) is 0 Å². The maximum atomic E-state index is 12.0. The summed E-state index contributed by atoms with van der Waals surface area (Å²) in [6.45, 7) is 4.24. The fraction of sp³-hybridized carbons (Fsp3) is 0.316. The molecule has 2 aromatic rings. The molecule has 0 fully saturated rings. The third kappa shape index (κ3) is 5.93. The molecule has 5 nitrogen and oxygen atoms in total. The van der Waals surface area contributed by atoms with E-state index < -0.39 is 5.54 Å². The van der Waals surface area contributed by atoms with E-state index in [4.69, 9.17) is 9.84 Å².